The molecular formula is C47H58F9N9O56P12. The lowest BCUT2D eigenvalue weighted by Gasteiger charge is -2.24. The first-order chi connectivity index (χ1) is 61.1. The fourth-order valence-electron chi connectivity index (χ4n) is 9.93. The third-order valence-corrected chi connectivity index (χ3v) is 29.7. The molecule has 4 aromatic heterocycles. The number of nitrogens with zero attached hydrogens (tertiary/aromatic N) is 5. The Balaban J connectivity index is 0.000000318. The summed E-state index contributed by atoms with van der Waals surface area (Å²) in [6.07, 6.45) is -25.8. The van der Waals surface area contributed by atoms with Crippen LogP contribution in [-0.4, -0.2) is 266 Å². The number of hydrogen-bond donors (Lipinski definition) is 24. The molecule has 65 nitrogen and oxygen atoms in total. The first-order valence-electron chi connectivity index (χ1n) is 33.5. The Morgan fingerprint density at radius 1 is 0.376 bits per heavy atom. The van der Waals surface area contributed by atoms with Gasteiger partial charge in [-0.3, -0.25) is 70.7 Å². The van der Waals surface area contributed by atoms with Gasteiger partial charge in [0.1, 0.15) is 81.9 Å². The van der Waals surface area contributed by atoms with E-state index in [-0.39, 0.29) is 15.3 Å². The molecule has 24 N–H and O–H groups in total. The monoisotopic (exact) mass is 2190 g/mol. The highest BCUT2D eigenvalue weighted by molar-refractivity contribution is 7.68. The summed E-state index contributed by atoms with van der Waals surface area (Å²) in [6.45, 7) is -13.5. The molecule has 750 valence electrons. The number of phosphoric acid groups is 12. The van der Waals surface area contributed by atoms with Crippen molar-refractivity contribution in [1.82, 2.24) is 43.2 Å². The molecule has 8 heterocycles. The van der Waals surface area contributed by atoms with Crippen molar-refractivity contribution < 1.29 is 267 Å². The summed E-state index contributed by atoms with van der Waals surface area (Å²) in [6, 6.07) is 1.47. The van der Waals surface area contributed by atoms with Gasteiger partial charge in [-0.15, -0.1) is 0 Å². The van der Waals surface area contributed by atoms with Crippen molar-refractivity contribution >= 4 is 93.9 Å². The van der Waals surface area contributed by atoms with E-state index in [0.29, 0.717) is 27.7 Å². The van der Waals surface area contributed by atoms with E-state index in [0.717, 1.165) is 12.3 Å². The number of ether oxygens (including phenoxy) is 4. The fraction of sp³-hybridized carbons (Fsp3) is 0.511. The summed E-state index contributed by atoms with van der Waals surface area (Å²) in [4.78, 5) is 245. The summed E-state index contributed by atoms with van der Waals surface area (Å²) in [5, 5.41) is 41.1. The summed E-state index contributed by atoms with van der Waals surface area (Å²) >= 11 is 0. The summed E-state index contributed by atoms with van der Waals surface area (Å²) in [7, 11) is -69.6. The highest BCUT2D eigenvalue weighted by atomic mass is 31.3. The van der Waals surface area contributed by atoms with E-state index in [2.05, 4.69) is 57.6 Å². The number of aromatic amines is 4. The van der Waals surface area contributed by atoms with Crippen LogP contribution in [0.1, 0.15) is 27.7 Å². The molecule has 0 aliphatic carbocycles. The number of nitrogens with one attached hydrogen (secondary N) is 4. The average Bonchev–Trinajstić information content (AvgIpc) is 1.58. The van der Waals surface area contributed by atoms with Crippen molar-refractivity contribution in [2.75, 3.05) is 53.1 Å². The van der Waals surface area contributed by atoms with Crippen molar-refractivity contribution in [3.63, 3.8) is 0 Å². The maximum Gasteiger partial charge on any atom is 0.490 e. The van der Waals surface area contributed by atoms with Crippen LogP contribution in [0.25, 0.3) is 0 Å². The first kappa shape index (κ1) is 114. The number of aliphatic hydroxyl groups excluding tert-OH is 4. The van der Waals surface area contributed by atoms with E-state index in [1.165, 1.54) is 4.98 Å². The van der Waals surface area contributed by atoms with Crippen LogP contribution in [0.15, 0.2) is 75.4 Å². The van der Waals surface area contributed by atoms with Gasteiger partial charge in [0.05, 0.1) is 35.3 Å². The molecule has 0 bridgehead atoms. The minimum Gasteiger partial charge on any atom is -0.386 e. The van der Waals surface area contributed by atoms with Gasteiger partial charge in [0.15, 0.2) is 24.9 Å². The Morgan fingerprint density at radius 3 is 0.910 bits per heavy atom. The third-order valence-electron chi connectivity index (χ3n) is 14.6. The molecule has 0 spiro atoms. The van der Waals surface area contributed by atoms with Crippen LogP contribution in [0.3, 0.4) is 0 Å². The van der Waals surface area contributed by atoms with Crippen molar-refractivity contribution in [2.24, 2.45) is 0 Å². The molecule has 133 heavy (non-hydrogen) atoms. The van der Waals surface area contributed by atoms with Gasteiger partial charge >= 0.3 is 122 Å². The molecule has 8 rings (SSSR count). The number of halogens is 9. The third kappa shape index (κ3) is 34.3. The number of rotatable bonds is 32. The molecule has 4 aromatic rings. The normalized spacial score (nSPS) is 29.2. The lowest BCUT2D eigenvalue weighted by Crippen LogP contribution is -2.45. The molecule has 0 saturated carbocycles. The Morgan fingerprint density at radius 2 is 0.632 bits per heavy atom. The van der Waals surface area contributed by atoms with E-state index in [4.69, 9.17) is 80.4 Å². The molecule has 12 unspecified atom stereocenters. The summed E-state index contributed by atoms with van der Waals surface area (Å²) in [5.41, 5.74) is -23.2. The number of alkyl halides is 8. The van der Waals surface area contributed by atoms with Gasteiger partial charge in [-0.1, -0.05) is 47.4 Å². The Kier molecular flexibility index (Phi) is 38.6. The molecule has 0 amide bonds. The van der Waals surface area contributed by atoms with E-state index in [1.807, 2.05) is 0 Å². The quantitative estimate of drug-likeness (QED) is 0.0123. The van der Waals surface area contributed by atoms with E-state index >= 15 is 17.6 Å². The molecule has 4 aliphatic heterocycles. The highest BCUT2D eigenvalue weighted by Crippen LogP contribution is 2.70. The van der Waals surface area contributed by atoms with E-state index < -0.39 is 294 Å². The Bertz CT molecular complexity index is 6280. The van der Waals surface area contributed by atoms with Gasteiger partial charge in [0.25, 0.3) is 16.7 Å². The predicted octanol–water partition coefficient (Wildman–Crippen LogP) is -5.19. The molecule has 24 atom stereocenters. The topological polar surface area (TPSA) is 989 Å². The van der Waals surface area contributed by atoms with Crippen molar-refractivity contribution in [2.45, 2.75) is 96.4 Å². The minimum absolute atomic E-state index is 0.0949. The first-order valence-corrected chi connectivity index (χ1v) is 50.6. The van der Waals surface area contributed by atoms with Crippen LogP contribution in [0, 0.1) is 53.2 Å². The minimum atomic E-state index is -6.15. The molecule has 4 aliphatic rings. The van der Waals surface area contributed by atoms with Crippen LogP contribution in [0.4, 0.5) is 39.5 Å². The van der Waals surface area contributed by atoms with Gasteiger partial charge in [0.2, 0.25) is 28.5 Å². The summed E-state index contributed by atoms with van der Waals surface area (Å²) < 4.78 is 342. The smallest absolute Gasteiger partial charge is 0.386 e. The van der Waals surface area contributed by atoms with Crippen molar-refractivity contribution in [3.05, 3.63) is 126 Å². The molecule has 4 saturated heterocycles. The standard InChI is InChI=1S/C12H14F3N2O14P3.2C12H15F2N2O14P3.C11H14F2N3O14P3/c13-3-1-2-12(15)8(18)7(29-10(12)17-4-6(14)9(19)16-11(17)20)5-28-33(24,25)31-34(26,27)30-32(21,22)23;2*13-4-1-3-12(14)9(18)7(28-10(12)16-5-2-8(17)15-11(16)19)6-27-32(23,24)30-33(25,26)29-31(20,21)22;12-3-1-2-11(13)7(17)6(28-8(11)16-5-14-9(18)15-10(16)19)4-27-32(23,24)30-33(25,26)29-31(20,21)22/h4,7-8,10,18H,3,5H2,(H,24,25)(H,26,27)(H,16,19,20)(H2,21,22,23);2*2,5,7,9-10,18H,4,6H2,(H,23,24)(H,25,26)(H,15,17,19)(H2,20,21,22);5-8,17H,3-4H2,(H,23,24)(H,25,26)(H,15,18,19)(H2,20,21,22)/t7-,8+,10-,12?;2*7-,9+,10-,12?;6-,7+,8-,11?/m1111/s1/i;6D2;;. The van der Waals surface area contributed by atoms with E-state index in [9.17, 15) is 155 Å². The second-order valence-corrected chi connectivity index (χ2v) is 41.7. The average molecular weight is 2190 g/mol. The molecule has 0 radical (unpaired) electrons. The van der Waals surface area contributed by atoms with Gasteiger partial charge in [-0.25, -0.2) is 114 Å². The number of aliphatic hydroxyl groups is 4. The second kappa shape index (κ2) is 45.2. The van der Waals surface area contributed by atoms with Crippen LogP contribution in [-0.2, 0) is 126 Å². The maximum absolute atomic E-state index is 15.7. The van der Waals surface area contributed by atoms with Crippen molar-refractivity contribution in [1.29, 1.82) is 0 Å². The number of hydrogen-bond acceptors (Lipinski definition) is 41. The lowest BCUT2D eigenvalue weighted by atomic mass is 9.96. The zero-order valence-electron chi connectivity index (χ0n) is 65.0. The Hall–Kier alpha value is -6.42. The SMILES string of the molecule is O=c1[nH]c(=O)n([C@@H]2O[C@H](COP(=O)(O)OP(=O)(O)OP(=O)(O)O)[C@H](O)C2(F)C#CCF)cc1F.O=c1ccn([C@@H]2O[C@H](COP(=O)(O)OP(=O)(O)OP(=O)(O)O)[C@H](O)C2(F)C#CCF)c(=O)[nH]1.O=c1ncn([C@@H]2O[C@H](COP(=O)(O)OP(=O)(O)OP(=O)(O)O)[C@H](O)C2(F)C#CCF)c(=O)[nH]1.[2H]C([2H])(OP(=O)(O)OP(=O)(O)OP(=O)(O)O)[C@H]1O[C@@H](n2ccc(=O)[nH]c2=O)C(F)(C#CCF)[C@H]1O. The van der Waals surface area contributed by atoms with Crippen molar-refractivity contribution in [3.8, 4) is 47.4 Å². The number of H-pyrrole nitrogens is 4. The van der Waals surface area contributed by atoms with Gasteiger partial charge in [-0.2, -0.15) is 43.9 Å². The predicted molar refractivity (Wildman–Crippen MR) is 392 cm³/mol. The molecule has 0 aromatic carbocycles. The fourth-order valence-corrected chi connectivity index (χ4v) is 21.9. The van der Waals surface area contributed by atoms with Crippen LogP contribution in [0.5, 0.6) is 0 Å². The van der Waals surface area contributed by atoms with Gasteiger partial charge in [0, 0.05) is 24.5 Å². The number of aromatic nitrogens is 9. The van der Waals surface area contributed by atoms with Gasteiger partial charge in [-0.05, 0) is 0 Å². The largest absolute Gasteiger partial charge is 0.490 e. The lowest BCUT2D eigenvalue weighted by molar-refractivity contribution is -0.0541. The van der Waals surface area contributed by atoms with Crippen LogP contribution in [0.2, 0.25) is 0 Å². The molecule has 86 heteroatoms. The number of phosphoric ester groups is 4. The molecule has 4 fully saturated rings. The van der Waals surface area contributed by atoms with E-state index in [1.54, 1.807) is 62.3 Å². The van der Waals surface area contributed by atoms with Crippen LogP contribution < -0.4 is 45.1 Å². The highest BCUT2D eigenvalue weighted by Gasteiger charge is 2.63. The Labute approximate surface area is 725 Å². The van der Waals surface area contributed by atoms with Gasteiger partial charge < -0.3 is 118 Å². The van der Waals surface area contributed by atoms with Crippen LogP contribution >= 0.6 is 93.9 Å². The summed E-state index contributed by atoms with van der Waals surface area (Å²) in [5.74, 6) is 11.5. The zero-order valence-corrected chi connectivity index (χ0v) is 73.7. The zero-order chi connectivity index (χ0) is 104. The maximum atomic E-state index is 15.7. The molecular weight excluding hydrogens is 2130 g/mol. The second-order valence-electron chi connectivity index (χ2n) is 24.1.